The Hall–Kier alpha value is -3.41. The Morgan fingerprint density at radius 1 is 1.16 bits per heavy atom. The second-order valence-electron chi connectivity index (χ2n) is 7.67. The summed E-state index contributed by atoms with van der Waals surface area (Å²) in [7, 11) is 0. The van der Waals surface area contributed by atoms with Gasteiger partial charge in [-0.25, -0.2) is 9.78 Å². The number of hydrogen-bond acceptors (Lipinski definition) is 5. The third-order valence-corrected chi connectivity index (χ3v) is 5.69. The number of hydrogen-bond donors (Lipinski definition) is 1. The van der Waals surface area contributed by atoms with Crippen LogP contribution in [0.25, 0.3) is 22.6 Å². The van der Waals surface area contributed by atoms with Gasteiger partial charge in [0.25, 0.3) is 5.91 Å². The molecule has 0 atom stereocenters. The van der Waals surface area contributed by atoms with Crippen LogP contribution in [0.5, 0.6) is 0 Å². The number of allylic oxidation sites excluding steroid dienone is 1. The van der Waals surface area contributed by atoms with E-state index in [1.165, 1.54) is 0 Å². The van der Waals surface area contributed by atoms with E-state index in [4.69, 9.17) is 14.1 Å². The SMILES string of the molecule is CCC(CC)NC(=O)COC(=O)c1c2c(nc3ccccc13)C(=Cc1ccco1)CC2. The minimum Gasteiger partial charge on any atom is -0.465 e. The fraction of sp³-hybridized carbons (Fsp3) is 0.320. The summed E-state index contributed by atoms with van der Waals surface area (Å²) in [5, 5.41) is 3.64. The molecule has 0 aliphatic heterocycles. The topological polar surface area (TPSA) is 81.4 Å². The number of para-hydroxylation sites is 1. The Morgan fingerprint density at radius 3 is 2.71 bits per heavy atom. The van der Waals surface area contributed by atoms with Crippen LogP contribution in [0.15, 0.2) is 47.1 Å². The van der Waals surface area contributed by atoms with Crippen LogP contribution in [-0.4, -0.2) is 29.5 Å². The van der Waals surface area contributed by atoms with Crippen LogP contribution in [0.1, 0.15) is 60.5 Å². The fourth-order valence-electron chi connectivity index (χ4n) is 4.02. The highest BCUT2D eigenvalue weighted by Gasteiger charge is 2.28. The van der Waals surface area contributed by atoms with Gasteiger partial charge < -0.3 is 14.5 Å². The smallest absolute Gasteiger partial charge is 0.339 e. The molecule has 0 unspecified atom stereocenters. The Balaban J connectivity index is 1.65. The van der Waals surface area contributed by atoms with Crippen LogP contribution in [0.4, 0.5) is 0 Å². The van der Waals surface area contributed by atoms with Gasteiger partial charge in [0.15, 0.2) is 6.61 Å². The molecule has 0 fully saturated rings. The molecule has 1 aliphatic carbocycles. The van der Waals surface area contributed by atoms with E-state index < -0.39 is 5.97 Å². The highest BCUT2D eigenvalue weighted by atomic mass is 16.5. The first-order chi connectivity index (χ1) is 15.1. The molecule has 160 valence electrons. The number of carbonyl (C=O) groups is 2. The molecule has 6 heteroatoms. The van der Waals surface area contributed by atoms with Gasteiger partial charge in [0.05, 0.1) is 23.0 Å². The van der Waals surface area contributed by atoms with E-state index in [0.29, 0.717) is 12.0 Å². The van der Waals surface area contributed by atoms with Crippen LogP contribution in [0.3, 0.4) is 0 Å². The second kappa shape index (κ2) is 9.16. The molecule has 2 heterocycles. The number of ether oxygens (including phenoxy) is 1. The number of fused-ring (bicyclic) bond motifs is 2. The predicted molar refractivity (Wildman–Crippen MR) is 119 cm³/mol. The van der Waals surface area contributed by atoms with Gasteiger partial charge in [-0.3, -0.25) is 4.79 Å². The van der Waals surface area contributed by atoms with Crippen molar-refractivity contribution in [3.8, 4) is 0 Å². The highest BCUT2D eigenvalue weighted by molar-refractivity contribution is 6.07. The molecule has 1 N–H and O–H groups in total. The normalized spacial score (nSPS) is 14.2. The number of nitrogens with zero attached hydrogens (tertiary/aromatic N) is 1. The monoisotopic (exact) mass is 418 g/mol. The summed E-state index contributed by atoms with van der Waals surface area (Å²) < 4.78 is 10.9. The highest BCUT2D eigenvalue weighted by Crippen LogP contribution is 2.37. The van der Waals surface area contributed by atoms with Gasteiger partial charge in [-0.1, -0.05) is 32.0 Å². The summed E-state index contributed by atoms with van der Waals surface area (Å²) in [5.41, 5.74) is 3.90. The van der Waals surface area contributed by atoms with Gasteiger partial charge in [0.1, 0.15) is 5.76 Å². The number of aromatic nitrogens is 1. The van der Waals surface area contributed by atoms with Crippen molar-refractivity contribution in [3.05, 3.63) is 65.2 Å². The number of esters is 1. The van der Waals surface area contributed by atoms with E-state index in [9.17, 15) is 9.59 Å². The molecule has 3 aromatic rings. The lowest BCUT2D eigenvalue weighted by molar-refractivity contribution is -0.125. The van der Waals surface area contributed by atoms with Crippen molar-refractivity contribution in [2.75, 3.05) is 6.61 Å². The molecule has 0 saturated heterocycles. The summed E-state index contributed by atoms with van der Waals surface area (Å²) in [6, 6.07) is 11.3. The van der Waals surface area contributed by atoms with Crippen molar-refractivity contribution in [3.63, 3.8) is 0 Å². The third kappa shape index (κ3) is 4.38. The Kier molecular flexibility index (Phi) is 6.16. The minimum absolute atomic E-state index is 0.0894. The molecule has 1 aromatic carbocycles. The Labute approximate surface area is 181 Å². The average Bonchev–Trinajstić information content (AvgIpc) is 3.44. The zero-order valence-electron chi connectivity index (χ0n) is 17.8. The summed E-state index contributed by atoms with van der Waals surface area (Å²) in [4.78, 5) is 30.1. The first-order valence-electron chi connectivity index (χ1n) is 10.7. The van der Waals surface area contributed by atoms with E-state index in [-0.39, 0.29) is 18.6 Å². The maximum atomic E-state index is 13.1. The van der Waals surface area contributed by atoms with Crippen LogP contribution >= 0.6 is 0 Å². The van der Waals surface area contributed by atoms with Gasteiger partial charge in [0.2, 0.25) is 0 Å². The minimum atomic E-state index is -0.492. The van der Waals surface area contributed by atoms with Crippen molar-refractivity contribution in [1.29, 1.82) is 0 Å². The molecule has 2 aromatic heterocycles. The van der Waals surface area contributed by atoms with Crippen molar-refractivity contribution in [2.45, 2.75) is 45.6 Å². The lowest BCUT2D eigenvalue weighted by Gasteiger charge is -2.15. The fourth-order valence-corrected chi connectivity index (χ4v) is 4.02. The van der Waals surface area contributed by atoms with Gasteiger partial charge in [0, 0.05) is 11.4 Å². The summed E-state index contributed by atoms with van der Waals surface area (Å²) in [5.74, 6) is -0.0238. The predicted octanol–water partition coefficient (Wildman–Crippen LogP) is 4.78. The van der Waals surface area contributed by atoms with Crippen molar-refractivity contribution in [1.82, 2.24) is 10.3 Å². The van der Waals surface area contributed by atoms with Crippen molar-refractivity contribution in [2.24, 2.45) is 0 Å². The molecule has 6 nitrogen and oxygen atoms in total. The third-order valence-electron chi connectivity index (χ3n) is 5.69. The first kappa shape index (κ1) is 20.8. The van der Waals surface area contributed by atoms with Gasteiger partial charge in [-0.15, -0.1) is 0 Å². The molecule has 0 bridgehead atoms. The molecule has 0 spiro atoms. The Bertz CT molecular complexity index is 1130. The molecular weight excluding hydrogens is 392 g/mol. The summed E-state index contributed by atoms with van der Waals surface area (Å²) >= 11 is 0. The summed E-state index contributed by atoms with van der Waals surface area (Å²) in [6.07, 6.45) is 6.71. The van der Waals surface area contributed by atoms with Gasteiger partial charge in [-0.05, 0) is 61.1 Å². The molecule has 4 rings (SSSR count). The largest absolute Gasteiger partial charge is 0.465 e. The first-order valence-corrected chi connectivity index (χ1v) is 10.7. The van der Waals surface area contributed by atoms with Crippen LogP contribution < -0.4 is 5.32 Å². The molecule has 0 saturated carbocycles. The second-order valence-corrected chi connectivity index (χ2v) is 7.67. The quantitative estimate of drug-likeness (QED) is 0.559. The number of nitrogens with one attached hydrogen (secondary N) is 1. The molecule has 1 aliphatic rings. The number of furan rings is 1. The van der Waals surface area contributed by atoms with E-state index in [1.54, 1.807) is 6.26 Å². The van der Waals surface area contributed by atoms with Crippen LogP contribution in [0.2, 0.25) is 0 Å². The number of carbonyl (C=O) groups excluding carboxylic acids is 2. The van der Waals surface area contributed by atoms with E-state index in [0.717, 1.165) is 52.8 Å². The van der Waals surface area contributed by atoms with E-state index in [2.05, 4.69) is 5.32 Å². The molecule has 31 heavy (non-hydrogen) atoms. The van der Waals surface area contributed by atoms with Gasteiger partial charge in [-0.2, -0.15) is 0 Å². The lowest BCUT2D eigenvalue weighted by Crippen LogP contribution is -2.37. The van der Waals surface area contributed by atoms with E-state index in [1.807, 2.05) is 56.3 Å². The van der Waals surface area contributed by atoms with Crippen LogP contribution in [0, 0.1) is 0 Å². The zero-order chi connectivity index (χ0) is 21.8. The average molecular weight is 418 g/mol. The standard InChI is InChI=1S/C25H26N2O4/c1-3-17(4-2)26-22(28)15-31-25(29)23-19-9-5-6-10-21(19)27-24-16(11-12-20(23)24)14-18-8-7-13-30-18/h5-10,13-14,17H,3-4,11-12,15H2,1-2H3,(H,26,28). The molecule has 0 radical (unpaired) electrons. The lowest BCUT2D eigenvalue weighted by atomic mass is 10.0. The maximum Gasteiger partial charge on any atom is 0.339 e. The summed E-state index contributed by atoms with van der Waals surface area (Å²) in [6.45, 7) is 3.73. The number of rotatable bonds is 7. The molecular formula is C25H26N2O4. The van der Waals surface area contributed by atoms with E-state index >= 15 is 0 Å². The zero-order valence-corrected chi connectivity index (χ0v) is 17.8. The maximum absolute atomic E-state index is 13.1. The Morgan fingerprint density at radius 2 is 1.97 bits per heavy atom. The number of benzene rings is 1. The van der Waals surface area contributed by atoms with Crippen molar-refractivity contribution < 1.29 is 18.7 Å². The van der Waals surface area contributed by atoms with Crippen molar-refractivity contribution >= 4 is 34.4 Å². The number of pyridine rings is 1. The van der Waals surface area contributed by atoms with Crippen LogP contribution in [-0.2, 0) is 16.0 Å². The molecule has 1 amide bonds. The number of amides is 1. The van der Waals surface area contributed by atoms with Gasteiger partial charge >= 0.3 is 5.97 Å².